The van der Waals surface area contributed by atoms with E-state index in [1.165, 1.54) is 0 Å². The molecule has 1 rings (SSSR count). The second-order valence-corrected chi connectivity index (χ2v) is 2.31. The van der Waals surface area contributed by atoms with Crippen LogP contribution < -0.4 is 4.74 Å². The van der Waals surface area contributed by atoms with Crippen molar-refractivity contribution in [1.82, 2.24) is 0 Å². The predicted molar refractivity (Wildman–Crippen MR) is 42.2 cm³/mol. The average molecular weight is 183 g/mol. The van der Waals surface area contributed by atoms with Crippen molar-refractivity contribution in [2.24, 2.45) is 0 Å². The summed E-state index contributed by atoms with van der Waals surface area (Å²) in [4.78, 5) is 0. The Balaban J connectivity index is 3.23. The molecule has 0 radical (unpaired) electrons. The van der Waals surface area contributed by atoms with Gasteiger partial charge in [-0.1, -0.05) is 0 Å². The van der Waals surface area contributed by atoms with E-state index < -0.39 is 11.6 Å². The Kier molecular flexibility index (Phi) is 2.80. The first-order chi connectivity index (χ1) is 6.19. The maximum atomic E-state index is 12.9. The van der Waals surface area contributed by atoms with Gasteiger partial charge in [-0.2, -0.15) is 5.26 Å². The van der Waals surface area contributed by atoms with E-state index in [4.69, 9.17) is 10.00 Å². The Bertz CT molecular complexity index is 357. The van der Waals surface area contributed by atoms with Crippen molar-refractivity contribution < 1.29 is 13.5 Å². The van der Waals surface area contributed by atoms with Crippen molar-refractivity contribution in [3.05, 3.63) is 29.3 Å². The zero-order valence-corrected chi connectivity index (χ0v) is 6.97. The topological polar surface area (TPSA) is 33.0 Å². The van der Waals surface area contributed by atoms with Gasteiger partial charge in [0.1, 0.15) is 29.0 Å². The number of hydrogen-bond donors (Lipinski definition) is 0. The lowest BCUT2D eigenvalue weighted by Crippen LogP contribution is -1.97. The molecule has 0 heterocycles. The molecule has 0 N–H and O–H groups in total. The van der Waals surface area contributed by atoms with Gasteiger partial charge in [0.2, 0.25) is 0 Å². The quantitative estimate of drug-likeness (QED) is 0.704. The van der Waals surface area contributed by atoms with Crippen molar-refractivity contribution in [3.8, 4) is 11.8 Å². The van der Waals surface area contributed by atoms with Gasteiger partial charge in [0.25, 0.3) is 0 Å². The Morgan fingerprint density at radius 1 is 1.46 bits per heavy atom. The number of nitriles is 1. The highest BCUT2D eigenvalue weighted by Gasteiger charge is 2.11. The number of rotatable bonds is 2. The number of hydrogen-bond acceptors (Lipinski definition) is 2. The lowest BCUT2D eigenvalue weighted by atomic mass is 10.2. The zero-order valence-electron chi connectivity index (χ0n) is 6.97. The fourth-order valence-electron chi connectivity index (χ4n) is 0.928. The zero-order chi connectivity index (χ0) is 9.84. The number of benzene rings is 1. The molecular formula is C9H7F2NO. The van der Waals surface area contributed by atoms with Crippen LogP contribution in [0.25, 0.3) is 0 Å². The normalized spacial score (nSPS) is 9.38. The molecule has 0 bridgehead atoms. The van der Waals surface area contributed by atoms with Crippen LogP contribution in [0, 0.1) is 23.0 Å². The summed E-state index contributed by atoms with van der Waals surface area (Å²) in [5.74, 6) is -1.70. The van der Waals surface area contributed by atoms with Crippen molar-refractivity contribution in [1.29, 1.82) is 5.26 Å². The first-order valence-electron chi connectivity index (χ1n) is 3.71. The Labute approximate surface area is 74.4 Å². The lowest BCUT2D eigenvalue weighted by molar-refractivity contribution is 0.334. The molecule has 1 aromatic rings. The maximum Gasteiger partial charge on any atom is 0.147 e. The molecule has 0 atom stereocenters. The fourth-order valence-corrected chi connectivity index (χ4v) is 0.928. The summed E-state index contributed by atoms with van der Waals surface area (Å²) in [6, 6.07) is 3.25. The van der Waals surface area contributed by atoms with Gasteiger partial charge >= 0.3 is 0 Å². The highest BCUT2D eigenvalue weighted by Crippen LogP contribution is 2.22. The smallest absolute Gasteiger partial charge is 0.147 e. The van der Waals surface area contributed by atoms with Crippen LogP contribution in [0.3, 0.4) is 0 Å². The number of nitrogens with zero attached hydrogens (tertiary/aromatic N) is 1. The average Bonchev–Trinajstić information content (AvgIpc) is 2.04. The summed E-state index contributed by atoms with van der Waals surface area (Å²) < 4.78 is 30.4. The summed E-state index contributed by atoms with van der Waals surface area (Å²) in [5.41, 5.74) is -0.261. The van der Waals surface area contributed by atoms with Gasteiger partial charge in [-0.05, 0) is 6.92 Å². The summed E-state index contributed by atoms with van der Waals surface area (Å²) in [6.45, 7) is 1.93. The lowest BCUT2D eigenvalue weighted by Gasteiger charge is -2.05. The third-order valence-corrected chi connectivity index (χ3v) is 1.43. The Morgan fingerprint density at radius 2 is 2.15 bits per heavy atom. The van der Waals surface area contributed by atoms with E-state index in [1.807, 2.05) is 0 Å². The van der Waals surface area contributed by atoms with Gasteiger partial charge in [0, 0.05) is 12.1 Å². The molecule has 0 aliphatic carbocycles. The third kappa shape index (κ3) is 1.94. The summed E-state index contributed by atoms with van der Waals surface area (Å²) in [7, 11) is 0. The second kappa shape index (κ2) is 3.85. The number of ether oxygens (including phenoxy) is 1. The molecule has 2 nitrogen and oxygen atoms in total. The summed E-state index contributed by atoms with van der Waals surface area (Å²) >= 11 is 0. The van der Waals surface area contributed by atoms with Crippen LogP contribution in [-0.2, 0) is 0 Å². The Morgan fingerprint density at radius 3 is 2.69 bits per heavy atom. The van der Waals surface area contributed by atoms with Crippen LogP contribution in [0.1, 0.15) is 12.5 Å². The first kappa shape index (κ1) is 9.46. The van der Waals surface area contributed by atoms with Crippen molar-refractivity contribution in [2.45, 2.75) is 6.92 Å². The van der Waals surface area contributed by atoms with E-state index in [2.05, 4.69) is 0 Å². The van der Waals surface area contributed by atoms with Gasteiger partial charge in [0.05, 0.1) is 6.61 Å². The van der Waals surface area contributed by atoms with E-state index in [-0.39, 0.29) is 17.9 Å². The molecule has 0 saturated heterocycles. The molecule has 13 heavy (non-hydrogen) atoms. The highest BCUT2D eigenvalue weighted by atomic mass is 19.1. The molecule has 0 unspecified atom stereocenters. The molecule has 0 amide bonds. The maximum absolute atomic E-state index is 12.9. The SMILES string of the molecule is CCOc1cc(F)cc(F)c1C#N. The van der Waals surface area contributed by atoms with Gasteiger partial charge in [-0.15, -0.1) is 0 Å². The molecule has 0 aliphatic rings. The van der Waals surface area contributed by atoms with Crippen LogP contribution in [-0.4, -0.2) is 6.61 Å². The molecule has 0 aliphatic heterocycles. The minimum absolute atomic E-state index is 0.0532. The van der Waals surface area contributed by atoms with E-state index in [0.29, 0.717) is 6.07 Å². The van der Waals surface area contributed by atoms with Crippen molar-refractivity contribution in [3.63, 3.8) is 0 Å². The van der Waals surface area contributed by atoms with Gasteiger partial charge in [0.15, 0.2) is 0 Å². The number of halogens is 2. The fraction of sp³-hybridized carbons (Fsp3) is 0.222. The van der Waals surface area contributed by atoms with Crippen LogP contribution in [0.2, 0.25) is 0 Å². The van der Waals surface area contributed by atoms with E-state index >= 15 is 0 Å². The van der Waals surface area contributed by atoms with Crippen LogP contribution in [0.15, 0.2) is 12.1 Å². The highest BCUT2D eigenvalue weighted by molar-refractivity contribution is 5.44. The van der Waals surface area contributed by atoms with Gasteiger partial charge in [-0.25, -0.2) is 8.78 Å². The van der Waals surface area contributed by atoms with E-state index in [1.54, 1.807) is 13.0 Å². The van der Waals surface area contributed by atoms with Crippen LogP contribution in [0.5, 0.6) is 5.75 Å². The van der Waals surface area contributed by atoms with Crippen LogP contribution in [0.4, 0.5) is 8.78 Å². The summed E-state index contributed by atoms with van der Waals surface area (Å²) in [6.07, 6.45) is 0. The van der Waals surface area contributed by atoms with Gasteiger partial charge in [-0.3, -0.25) is 0 Å². The van der Waals surface area contributed by atoms with Crippen molar-refractivity contribution in [2.75, 3.05) is 6.61 Å². The molecule has 1 aromatic carbocycles. The molecule has 0 aromatic heterocycles. The molecule has 4 heteroatoms. The molecular weight excluding hydrogens is 176 g/mol. The van der Waals surface area contributed by atoms with Crippen molar-refractivity contribution >= 4 is 0 Å². The predicted octanol–water partition coefficient (Wildman–Crippen LogP) is 2.24. The third-order valence-electron chi connectivity index (χ3n) is 1.43. The minimum atomic E-state index is -0.897. The molecule has 0 saturated carbocycles. The minimum Gasteiger partial charge on any atom is -0.492 e. The van der Waals surface area contributed by atoms with Crippen LogP contribution >= 0.6 is 0 Å². The molecule has 68 valence electrons. The van der Waals surface area contributed by atoms with E-state index in [9.17, 15) is 8.78 Å². The second-order valence-electron chi connectivity index (χ2n) is 2.31. The monoisotopic (exact) mass is 183 g/mol. The summed E-state index contributed by atoms with van der Waals surface area (Å²) in [5, 5.41) is 8.52. The Hall–Kier alpha value is -1.63. The van der Waals surface area contributed by atoms with Gasteiger partial charge < -0.3 is 4.74 Å². The molecule has 0 spiro atoms. The molecule has 0 fully saturated rings. The standard InChI is InChI=1S/C9H7F2NO/c1-2-13-9-4-6(10)3-8(11)7(9)5-12/h3-4H,2H2,1H3. The first-order valence-corrected chi connectivity index (χ1v) is 3.71. The van der Waals surface area contributed by atoms with E-state index in [0.717, 1.165) is 6.07 Å². The largest absolute Gasteiger partial charge is 0.492 e.